The molecular formula is C73H54BBrO2S4. The van der Waals surface area contributed by atoms with Gasteiger partial charge < -0.3 is 9.31 Å². The molecule has 15 aromatic rings. The summed E-state index contributed by atoms with van der Waals surface area (Å²) < 4.78 is 24.0. The summed E-state index contributed by atoms with van der Waals surface area (Å²) in [6.45, 7) is 8.61. The first kappa shape index (κ1) is 51.9. The molecule has 1 aliphatic carbocycles. The fraction of sp³-hybridized carbons (Fsp3) is 0.0959. The Morgan fingerprint density at radius 1 is 0.370 bits per heavy atom. The van der Waals surface area contributed by atoms with E-state index in [0.29, 0.717) is 0 Å². The fourth-order valence-corrected chi connectivity index (χ4v) is 16.6. The van der Waals surface area contributed by atoms with Crippen molar-refractivity contribution in [2.75, 3.05) is 0 Å². The van der Waals surface area contributed by atoms with Gasteiger partial charge in [0.25, 0.3) is 0 Å². The van der Waals surface area contributed by atoms with Crippen molar-refractivity contribution in [3.8, 4) is 22.3 Å². The third kappa shape index (κ3) is 9.51. The summed E-state index contributed by atoms with van der Waals surface area (Å²) in [5, 5.41) is 10.8. The molecule has 5 heterocycles. The second-order valence-electron chi connectivity index (χ2n) is 21.6. The lowest BCUT2D eigenvalue weighted by molar-refractivity contribution is 0.0842. The van der Waals surface area contributed by atoms with Crippen LogP contribution in [0.25, 0.3) is 103 Å². The summed E-state index contributed by atoms with van der Waals surface area (Å²) in [4.78, 5) is 0. The van der Waals surface area contributed by atoms with Crippen molar-refractivity contribution in [2.45, 2.75) is 44.8 Å². The molecule has 1 fully saturated rings. The van der Waals surface area contributed by atoms with Crippen LogP contribution in [-0.2, 0) is 14.7 Å². The molecule has 0 radical (unpaired) electrons. The number of halogens is 1. The van der Waals surface area contributed by atoms with Crippen LogP contribution in [0.2, 0.25) is 0 Å². The summed E-state index contributed by atoms with van der Waals surface area (Å²) in [6, 6.07) is 89.7. The normalized spacial score (nSPS) is 14.9. The lowest BCUT2D eigenvalue weighted by Crippen LogP contribution is -2.34. The van der Waals surface area contributed by atoms with Crippen molar-refractivity contribution in [1.82, 2.24) is 0 Å². The third-order valence-electron chi connectivity index (χ3n) is 16.4. The lowest BCUT2D eigenvalue weighted by Gasteiger charge is -2.28. The minimum Gasteiger partial charge on any atom is -0.402 e. The van der Waals surface area contributed by atoms with Crippen LogP contribution < -0.4 is 5.46 Å². The van der Waals surface area contributed by atoms with Crippen molar-refractivity contribution >= 4 is 155 Å². The van der Waals surface area contributed by atoms with Crippen molar-refractivity contribution in [3.05, 3.63) is 270 Å². The van der Waals surface area contributed by atoms with Crippen LogP contribution in [0, 0.1) is 0 Å². The lowest BCUT2D eigenvalue weighted by atomic mass is 9.74. The summed E-state index contributed by atoms with van der Waals surface area (Å²) in [7, 11) is -0.266. The average molecular weight is 1180 g/mol. The maximum Gasteiger partial charge on any atom is 0.494 e. The molecule has 1 aliphatic heterocycles. The minimum atomic E-state index is -0.266. The van der Waals surface area contributed by atoms with Gasteiger partial charge in [-0.25, -0.2) is 0 Å². The molecule has 1 atom stereocenters. The van der Waals surface area contributed by atoms with Gasteiger partial charge >= 0.3 is 7.12 Å². The van der Waals surface area contributed by atoms with Crippen LogP contribution in [0.1, 0.15) is 44.4 Å². The largest absolute Gasteiger partial charge is 0.494 e. The van der Waals surface area contributed by atoms with Crippen LogP contribution in [0.5, 0.6) is 0 Å². The SMILES string of the molecule is Brc1ccc2sc3ccccc3c2c1.CC1(c2cccc(-c3ccc4sc5ccccc5c4c3)c2)c2ccccc2-c2ccccc21.CC1OB(c2ccc3sc4ccccc4c3c2)OC1(C)C.c1ccc2c(c1)sc1ccccc12. The number of benzene rings is 11. The standard InChI is InChI=1S/C32H22S.C17H17BO2S.C12H7BrS.C12H8S/c1-32(28-14-5-2-11-24(28)25-12-3-6-15-29(25)32)23-10-8-9-21(19-23)22-17-18-31-27(20-22)26-13-4-7-16-30(26)33-31;1-11-17(2,3)20-18(19-11)12-8-9-16-14(10-12)13-6-4-5-7-15(13)21-16;13-8-5-6-12-10(7-8)9-3-1-2-4-11(9)14-12;1-3-7-11-9(5-1)10-6-2-4-8-12(10)13-11/h2-20H,1H3;4-11H,1-3H3;1-7H;1-8H. The van der Waals surface area contributed by atoms with Gasteiger partial charge in [-0.15, -0.1) is 45.3 Å². The first-order valence-electron chi connectivity index (χ1n) is 27.5. The van der Waals surface area contributed by atoms with Crippen LogP contribution in [-0.4, -0.2) is 18.8 Å². The van der Waals surface area contributed by atoms with Crippen LogP contribution >= 0.6 is 61.3 Å². The minimum absolute atomic E-state index is 0.0948. The van der Waals surface area contributed by atoms with Crippen molar-refractivity contribution in [1.29, 1.82) is 0 Å². The Morgan fingerprint density at radius 3 is 1.26 bits per heavy atom. The first-order chi connectivity index (χ1) is 39.6. The number of fused-ring (bicyclic) bond motifs is 15. The van der Waals surface area contributed by atoms with E-state index in [1.807, 2.05) is 45.3 Å². The van der Waals surface area contributed by atoms with E-state index < -0.39 is 0 Å². The monoisotopic (exact) mass is 1180 g/mol. The Kier molecular flexibility index (Phi) is 13.6. The maximum absolute atomic E-state index is 6.07. The smallest absolute Gasteiger partial charge is 0.402 e. The van der Waals surface area contributed by atoms with Gasteiger partial charge in [-0.2, -0.15) is 0 Å². The summed E-state index contributed by atoms with van der Waals surface area (Å²) in [5.74, 6) is 0. The molecule has 1 saturated heterocycles. The van der Waals surface area contributed by atoms with Crippen molar-refractivity contribution in [3.63, 3.8) is 0 Å². The molecule has 0 amide bonds. The molecule has 2 aliphatic rings. The highest BCUT2D eigenvalue weighted by Gasteiger charge is 2.44. The molecule has 2 nitrogen and oxygen atoms in total. The van der Waals surface area contributed by atoms with E-state index in [1.165, 1.54) is 120 Å². The van der Waals surface area contributed by atoms with E-state index >= 15 is 0 Å². The van der Waals surface area contributed by atoms with Gasteiger partial charge in [-0.1, -0.05) is 192 Å². The van der Waals surface area contributed by atoms with E-state index in [0.717, 1.165) is 9.94 Å². The van der Waals surface area contributed by atoms with Gasteiger partial charge in [-0.05, 0) is 150 Å². The second-order valence-corrected chi connectivity index (χ2v) is 26.9. The zero-order valence-corrected chi connectivity index (χ0v) is 50.0. The van der Waals surface area contributed by atoms with Gasteiger partial charge in [-0.3, -0.25) is 0 Å². The molecule has 8 heteroatoms. The molecule has 0 N–H and O–H groups in total. The van der Waals surface area contributed by atoms with E-state index in [-0.39, 0.29) is 24.2 Å². The molecule has 4 aromatic heterocycles. The van der Waals surface area contributed by atoms with Gasteiger partial charge in [0.05, 0.1) is 11.7 Å². The van der Waals surface area contributed by atoms with E-state index in [1.54, 1.807) is 0 Å². The predicted octanol–water partition coefficient (Wildman–Crippen LogP) is 21.9. The molecular weight excluding hydrogens is 1130 g/mol. The van der Waals surface area contributed by atoms with Gasteiger partial charge in [0, 0.05) is 85.2 Å². The topological polar surface area (TPSA) is 18.5 Å². The van der Waals surface area contributed by atoms with E-state index in [4.69, 9.17) is 9.31 Å². The summed E-state index contributed by atoms with van der Waals surface area (Å²) in [5.41, 5.74) is 10.1. The fourth-order valence-electron chi connectivity index (χ4n) is 11.8. The zero-order chi connectivity index (χ0) is 54.8. The Bertz CT molecular complexity index is 4760. The highest BCUT2D eigenvalue weighted by atomic mass is 79.9. The molecule has 0 saturated carbocycles. The van der Waals surface area contributed by atoms with Crippen LogP contribution in [0.3, 0.4) is 0 Å². The highest BCUT2D eigenvalue weighted by Crippen LogP contribution is 2.53. The number of hydrogen-bond donors (Lipinski definition) is 0. The van der Waals surface area contributed by atoms with E-state index in [2.05, 4.69) is 292 Å². The molecule has 0 bridgehead atoms. The number of thiophene rings is 4. The predicted molar refractivity (Wildman–Crippen MR) is 359 cm³/mol. The number of rotatable bonds is 3. The zero-order valence-electron chi connectivity index (χ0n) is 45.2. The number of hydrogen-bond acceptors (Lipinski definition) is 6. The molecule has 1 unspecified atom stereocenters. The van der Waals surface area contributed by atoms with E-state index in [9.17, 15) is 0 Å². The van der Waals surface area contributed by atoms with Crippen LogP contribution in [0.15, 0.2) is 253 Å². The van der Waals surface area contributed by atoms with Crippen LogP contribution in [0.4, 0.5) is 0 Å². The third-order valence-corrected chi connectivity index (χ3v) is 21.5. The maximum atomic E-state index is 6.07. The van der Waals surface area contributed by atoms with Gasteiger partial charge in [0.1, 0.15) is 0 Å². The molecule has 81 heavy (non-hydrogen) atoms. The highest BCUT2D eigenvalue weighted by molar-refractivity contribution is 9.10. The Hall–Kier alpha value is -7.24. The second kappa shape index (κ2) is 21.3. The first-order valence-corrected chi connectivity index (χ1v) is 31.5. The average Bonchev–Trinajstić information content (AvgIpc) is 4.48. The Morgan fingerprint density at radius 2 is 0.765 bits per heavy atom. The summed E-state index contributed by atoms with van der Waals surface area (Å²) in [6.07, 6.45) is 0.0948. The Labute approximate surface area is 496 Å². The van der Waals surface area contributed by atoms with Crippen molar-refractivity contribution < 1.29 is 9.31 Å². The molecule has 0 spiro atoms. The van der Waals surface area contributed by atoms with Crippen molar-refractivity contribution in [2.24, 2.45) is 0 Å². The molecule has 17 rings (SSSR count). The van der Waals surface area contributed by atoms with Gasteiger partial charge in [0.2, 0.25) is 0 Å². The molecule has 392 valence electrons. The summed E-state index contributed by atoms with van der Waals surface area (Å²) >= 11 is 10.9. The van der Waals surface area contributed by atoms with Gasteiger partial charge in [0.15, 0.2) is 0 Å². The Balaban J connectivity index is 0.000000105. The quantitative estimate of drug-likeness (QED) is 0.164. The molecule has 11 aromatic carbocycles.